The van der Waals surface area contributed by atoms with E-state index in [1.807, 2.05) is 18.2 Å². The highest BCUT2D eigenvalue weighted by molar-refractivity contribution is 9.11. The smallest absolute Gasteiger partial charge is 0.130 e. The molecular formula is C8H11BrO. The molecule has 0 aliphatic rings. The fourth-order valence-corrected chi connectivity index (χ4v) is 0.680. The molecule has 56 valence electrons. The van der Waals surface area contributed by atoms with Crippen molar-refractivity contribution >= 4 is 21.7 Å². The van der Waals surface area contributed by atoms with Crippen molar-refractivity contribution in [3.8, 4) is 0 Å². The molecule has 2 heteroatoms. The molecule has 0 N–H and O–H groups in total. The van der Waals surface area contributed by atoms with Crippen LogP contribution in [0.25, 0.3) is 0 Å². The molecule has 0 saturated carbocycles. The lowest BCUT2D eigenvalue weighted by Gasteiger charge is -1.85. The van der Waals surface area contributed by atoms with E-state index < -0.39 is 0 Å². The zero-order valence-electron chi connectivity index (χ0n) is 6.01. The van der Waals surface area contributed by atoms with Crippen molar-refractivity contribution in [1.82, 2.24) is 0 Å². The first-order chi connectivity index (χ1) is 4.77. The van der Waals surface area contributed by atoms with Crippen LogP contribution in [0.5, 0.6) is 0 Å². The Labute approximate surface area is 69.9 Å². The highest BCUT2D eigenvalue weighted by atomic mass is 79.9. The zero-order chi connectivity index (χ0) is 7.82. The Hall–Kier alpha value is -0.370. The van der Waals surface area contributed by atoms with E-state index in [4.69, 9.17) is 0 Å². The van der Waals surface area contributed by atoms with Gasteiger partial charge in [-0.3, -0.25) is 0 Å². The van der Waals surface area contributed by atoms with Crippen LogP contribution in [-0.2, 0) is 4.79 Å². The molecule has 0 atom stereocenters. The molecule has 0 radical (unpaired) electrons. The normalized spacial score (nSPS) is 11.4. The molecule has 0 aromatic rings. The Morgan fingerprint density at radius 2 is 2.20 bits per heavy atom. The number of allylic oxidation sites excluding steroid dienone is 3. The maximum absolute atomic E-state index is 10.4. The van der Waals surface area contributed by atoms with Gasteiger partial charge in [0.15, 0.2) is 0 Å². The molecule has 0 bridgehead atoms. The molecule has 0 aliphatic carbocycles. The molecule has 0 saturated heterocycles. The highest BCUT2D eigenvalue weighted by Crippen LogP contribution is 1.92. The molecule has 0 aliphatic heterocycles. The second-order valence-corrected chi connectivity index (χ2v) is 2.52. The number of ketones is 1. The van der Waals surface area contributed by atoms with E-state index in [1.54, 1.807) is 11.9 Å². The van der Waals surface area contributed by atoms with E-state index in [0.29, 0.717) is 6.42 Å². The average molecular weight is 203 g/mol. The van der Waals surface area contributed by atoms with Gasteiger partial charge in [0.2, 0.25) is 0 Å². The van der Waals surface area contributed by atoms with Gasteiger partial charge in [0.1, 0.15) is 5.78 Å². The van der Waals surface area contributed by atoms with Gasteiger partial charge in [0.25, 0.3) is 0 Å². The summed E-state index contributed by atoms with van der Waals surface area (Å²) in [5.41, 5.74) is 0. The number of hydrogen-bond acceptors (Lipinski definition) is 1. The number of rotatable bonds is 4. The van der Waals surface area contributed by atoms with Crippen LogP contribution in [0.1, 0.15) is 19.8 Å². The Balaban J connectivity index is 3.27. The van der Waals surface area contributed by atoms with Crippen molar-refractivity contribution in [1.29, 1.82) is 0 Å². The van der Waals surface area contributed by atoms with Gasteiger partial charge in [-0.15, -0.1) is 0 Å². The van der Waals surface area contributed by atoms with Gasteiger partial charge >= 0.3 is 0 Å². The minimum absolute atomic E-state index is 0.243. The van der Waals surface area contributed by atoms with Crippen molar-refractivity contribution in [2.75, 3.05) is 0 Å². The number of carbonyl (C=O) groups excluding carboxylic acids is 1. The summed E-state index contributed by atoms with van der Waals surface area (Å²) in [4.78, 5) is 12.2. The third-order valence-electron chi connectivity index (χ3n) is 0.983. The van der Waals surface area contributed by atoms with Crippen LogP contribution in [0.3, 0.4) is 0 Å². The topological polar surface area (TPSA) is 17.1 Å². The van der Waals surface area contributed by atoms with E-state index in [2.05, 4.69) is 15.9 Å². The van der Waals surface area contributed by atoms with Crippen LogP contribution < -0.4 is 0 Å². The van der Waals surface area contributed by atoms with E-state index in [0.717, 1.165) is 6.42 Å². The first kappa shape index (κ1) is 9.63. The Morgan fingerprint density at radius 3 is 2.70 bits per heavy atom. The Bertz CT molecular complexity index is 147. The van der Waals surface area contributed by atoms with Crippen LogP contribution in [0.4, 0.5) is 0 Å². The maximum Gasteiger partial charge on any atom is 0.130 e. The summed E-state index contributed by atoms with van der Waals surface area (Å²) in [7, 11) is 0. The quantitative estimate of drug-likeness (QED) is 0.642. The minimum atomic E-state index is 0.243. The van der Waals surface area contributed by atoms with Gasteiger partial charge in [0, 0.05) is 6.42 Å². The summed E-state index contributed by atoms with van der Waals surface area (Å²) in [5.74, 6) is 0.243. The van der Waals surface area contributed by atoms with Gasteiger partial charge in [-0.2, -0.15) is 0 Å². The standard InChI is InChI=1S/C8H11BrO/c1-8(10)6-4-2-3-5-7-9/h2-3,5,7H,4,6H2,1H3/b3-2-,7-5+. The number of Topliss-reactive ketones (excluding diaryl/α,β-unsaturated/α-hetero) is 1. The molecule has 10 heavy (non-hydrogen) atoms. The van der Waals surface area contributed by atoms with Gasteiger partial charge in [-0.1, -0.05) is 34.2 Å². The summed E-state index contributed by atoms with van der Waals surface area (Å²) in [5, 5.41) is 0. The number of carbonyl (C=O) groups is 1. The first-order valence-electron chi connectivity index (χ1n) is 3.18. The van der Waals surface area contributed by atoms with Gasteiger partial charge in [-0.25, -0.2) is 0 Å². The second-order valence-electron chi connectivity index (χ2n) is 1.99. The van der Waals surface area contributed by atoms with E-state index in [1.165, 1.54) is 0 Å². The third-order valence-corrected chi connectivity index (χ3v) is 1.29. The molecule has 0 amide bonds. The molecule has 0 rings (SSSR count). The molecule has 0 aromatic heterocycles. The van der Waals surface area contributed by atoms with E-state index >= 15 is 0 Å². The van der Waals surface area contributed by atoms with Crippen LogP contribution in [-0.4, -0.2) is 5.78 Å². The predicted molar refractivity (Wildman–Crippen MR) is 47.1 cm³/mol. The van der Waals surface area contributed by atoms with Crippen molar-refractivity contribution in [2.24, 2.45) is 0 Å². The maximum atomic E-state index is 10.4. The Kier molecular flexibility index (Phi) is 6.50. The molecule has 0 fully saturated rings. The number of hydrogen-bond donors (Lipinski definition) is 0. The summed E-state index contributed by atoms with van der Waals surface area (Å²) >= 11 is 3.13. The van der Waals surface area contributed by atoms with Crippen LogP contribution in [0.2, 0.25) is 0 Å². The van der Waals surface area contributed by atoms with Crippen molar-refractivity contribution < 1.29 is 4.79 Å². The third kappa shape index (κ3) is 7.63. The van der Waals surface area contributed by atoms with Crippen LogP contribution >= 0.6 is 15.9 Å². The average Bonchev–Trinajstić information content (AvgIpc) is 1.87. The number of halogens is 1. The summed E-state index contributed by atoms with van der Waals surface area (Å²) in [6, 6.07) is 0. The lowest BCUT2D eigenvalue weighted by molar-refractivity contribution is -0.116. The SMILES string of the molecule is CC(=O)CC/C=C\C=C\Br. The first-order valence-corrected chi connectivity index (χ1v) is 4.10. The Morgan fingerprint density at radius 1 is 1.50 bits per heavy atom. The van der Waals surface area contributed by atoms with Crippen molar-refractivity contribution in [3.63, 3.8) is 0 Å². The molecule has 0 unspecified atom stereocenters. The van der Waals surface area contributed by atoms with Gasteiger partial charge in [-0.05, 0) is 18.3 Å². The highest BCUT2D eigenvalue weighted by Gasteiger charge is 1.86. The summed E-state index contributed by atoms with van der Waals surface area (Å²) in [6.07, 6.45) is 7.25. The summed E-state index contributed by atoms with van der Waals surface area (Å²) < 4.78 is 0. The fourth-order valence-electron chi connectivity index (χ4n) is 0.503. The summed E-state index contributed by atoms with van der Waals surface area (Å²) in [6.45, 7) is 1.61. The molecule has 1 nitrogen and oxygen atoms in total. The molecule has 0 aromatic carbocycles. The van der Waals surface area contributed by atoms with Crippen LogP contribution in [0.15, 0.2) is 23.2 Å². The lowest BCUT2D eigenvalue weighted by Crippen LogP contribution is -1.85. The van der Waals surface area contributed by atoms with Gasteiger partial charge < -0.3 is 4.79 Å². The lowest BCUT2D eigenvalue weighted by atomic mass is 10.2. The van der Waals surface area contributed by atoms with Crippen LogP contribution in [0, 0.1) is 0 Å². The minimum Gasteiger partial charge on any atom is -0.300 e. The largest absolute Gasteiger partial charge is 0.300 e. The fraction of sp³-hybridized carbons (Fsp3) is 0.375. The van der Waals surface area contributed by atoms with E-state index in [9.17, 15) is 4.79 Å². The zero-order valence-corrected chi connectivity index (χ0v) is 7.60. The van der Waals surface area contributed by atoms with E-state index in [-0.39, 0.29) is 5.78 Å². The predicted octanol–water partition coefficient (Wildman–Crippen LogP) is 2.82. The van der Waals surface area contributed by atoms with Crippen molar-refractivity contribution in [2.45, 2.75) is 19.8 Å². The molecule has 0 spiro atoms. The van der Waals surface area contributed by atoms with Crippen molar-refractivity contribution in [3.05, 3.63) is 23.2 Å². The molecular weight excluding hydrogens is 192 g/mol. The monoisotopic (exact) mass is 202 g/mol. The second kappa shape index (κ2) is 6.75. The molecule has 0 heterocycles. The van der Waals surface area contributed by atoms with Gasteiger partial charge in [0.05, 0.1) is 0 Å².